The molecule has 1 fully saturated rings. The van der Waals surface area contributed by atoms with E-state index in [2.05, 4.69) is 28.1 Å². The van der Waals surface area contributed by atoms with Crippen LogP contribution >= 0.6 is 15.9 Å². The molecule has 1 aromatic rings. The van der Waals surface area contributed by atoms with Crippen LogP contribution in [0.5, 0.6) is 0 Å². The molecule has 1 aliphatic heterocycles. The molecule has 3 heteroatoms. The highest BCUT2D eigenvalue weighted by Crippen LogP contribution is 2.20. The minimum atomic E-state index is -0.206. The van der Waals surface area contributed by atoms with Crippen LogP contribution in [0.15, 0.2) is 28.7 Å². The van der Waals surface area contributed by atoms with Crippen LogP contribution in [0, 0.1) is 5.92 Å². The first-order valence-electron chi connectivity index (χ1n) is 5.26. The lowest BCUT2D eigenvalue weighted by molar-refractivity contribution is -0.0350. The number of ether oxygens (including phenoxy) is 1. The molecule has 15 heavy (non-hydrogen) atoms. The van der Waals surface area contributed by atoms with Crippen LogP contribution in [-0.2, 0) is 11.2 Å². The Hall–Kier alpha value is -0.380. The molecule has 1 aromatic carbocycles. The van der Waals surface area contributed by atoms with Gasteiger partial charge in [-0.05, 0) is 30.5 Å². The van der Waals surface area contributed by atoms with Gasteiger partial charge in [0.2, 0.25) is 0 Å². The first kappa shape index (κ1) is 11.1. The monoisotopic (exact) mass is 270 g/mol. The summed E-state index contributed by atoms with van der Waals surface area (Å²) in [4.78, 5) is 0. The summed E-state index contributed by atoms with van der Waals surface area (Å²) in [5.41, 5.74) is 1.26. The van der Waals surface area contributed by atoms with E-state index in [0.717, 1.165) is 17.3 Å². The van der Waals surface area contributed by atoms with E-state index < -0.39 is 0 Å². The zero-order valence-corrected chi connectivity index (χ0v) is 10.1. The van der Waals surface area contributed by atoms with Gasteiger partial charge in [0.1, 0.15) is 0 Å². The molecular weight excluding hydrogens is 256 g/mol. The molecule has 1 heterocycles. The van der Waals surface area contributed by atoms with Gasteiger partial charge >= 0.3 is 0 Å². The molecule has 0 bridgehead atoms. The quantitative estimate of drug-likeness (QED) is 0.895. The average molecular weight is 271 g/mol. The number of aliphatic hydroxyl groups is 1. The molecule has 2 atom stereocenters. The zero-order valence-electron chi connectivity index (χ0n) is 8.53. The lowest BCUT2D eigenvalue weighted by Crippen LogP contribution is -2.33. The standard InChI is InChI=1S/C12H15BrO2/c13-11-3-1-9(2-4-11)7-10-8-15-6-5-12(10)14/h1-4,10,12,14H,5-8H2/t10-,12-/m0/s1. The van der Waals surface area contributed by atoms with Gasteiger partial charge in [0.15, 0.2) is 0 Å². The fraction of sp³-hybridized carbons (Fsp3) is 0.500. The molecular formula is C12H15BrO2. The molecule has 2 nitrogen and oxygen atoms in total. The maximum absolute atomic E-state index is 9.80. The van der Waals surface area contributed by atoms with E-state index in [1.54, 1.807) is 0 Å². The van der Waals surface area contributed by atoms with Gasteiger partial charge in [-0.25, -0.2) is 0 Å². The number of hydrogen-bond acceptors (Lipinski definition) is 2. The number of aliphatic hydroxyl groups excluding tert-OH is 1. The van der Waals surface area contributed by atoms with Crippen LogP contribution in [-0.4, -0.2) is 24.4 Å². The van der Waals surface area contributed by atoms with Gasteiger partial charge in [-0.1, -0.05) is 28.1 Å². The van der Waals surface area contributed by atoms with Crippen molar-refractivity contribution in [3.63, 3.8) is 0 Å². The minimum Gasteiger partial charge on any atom is -0.393 e. The van der Waals surface area contributed by atoms with Gasteiger partial charge in [0, 0.05) is 17.0 Å². The predicted octanol–water partition coefficient (Wildman–Crippen LogP) is 2.39. The molecule has 0 aliphatic carbocycles. The second-order valence-corrected chi connectivity index (χ2v) is 4.94. The number of rotatable bonds is 2. The molecule has 1 N–H and O–H groups in total. The molecule has 82 valence electrons. The second-order valence-electron chi connectivity index (χ2n) is 4.02. The van der Waals surface area contributed by atoms with Gasteiger partial charge in [-0.2, -0.15) is 0 Å². The van der Waals surface area contributed by atoms with Crippen molar-refractivity contribution >= 4 is 15.9 Å². The minimum absolute atomic E-state index is 0.206. The van der Waals surface area contributed by atoms with Gasteiger partial charge in [0.25, 0.3) is 0 Å². The van der Waals surface area contributed by atoms with E-state index in [1.807, 2.05) is 12.1 Å². The van der Waals surface area contributed by atoms with Crippen LogP contribution in [0.3, 0.4) is 0 Å². The second kappa shape index (κ2) is 5.10. The van der Waals surface area contributed by atoms with Gasteiger partial charge < -0.3 is 9.84 Å². The van der Waals surface area contributed by atoms with Crippen LogP contribution in [0.2, 0.25) is 0 Å². The summed E-state index contributed by atoms with van der Waals surface area (Å²) in [6.45, 7) is 1.37. The van der Waals surface area contributed by atoms with E-state index in [-0.39, 0.29) is 12.0 Å². The molecule has 0 radical (unpaired) electrons. The van der Waals surface area contributed by atoms with E-state index >= 15 is 0 Å². The van der Waals surface area contributed by atoms with Crippen molar-refractivity contribution in [2.75, 3.05) is 13.2 Å². The van der Waals surface area contributed by atoms with E-state index in [0.29, 0.717) is 13.2 Å². The summed E-state index contributed by atoms with van der Waals surface area (Å²) in [5.74, 6) is 0.250. The smallest absolute Gasteiger partial charge is 0.0615 e. The van der Waals surface area contributed by atoms with Crippen molar-refractivity contribution in [3.05, 3.63) is 34.3 Å². The molecule has 1 aliphatic rings. The van der Waals surface area contributed by atoms with Crippen LogP contribution < -0.4 is 0 Å². The predicted molar refractivity (Wildman–Crippen MR) is 62.8 cm³/mol. The van der Waals surface area contributed by atoms with E-state index in [1.165, 1.54) is 5.56 Å². The van der Waals surface area contributed by atoms with Gasteiger partial charge in [-0.15, -0.1) is 0 Å². The molecule has 0 aromatic heterocycles. The van der Waals surface area contributed by atoms with E-state index in [4.69, 9.17) is 4.74 Å². The van der Waals surface area contributed by atoms with Crippen molar-refractivity contribution < 1.29 is 9.84 Å². The third kappa shape index (κ3) is 3.03. The normalized spacial score (nSPS) is 26.5. The molecule has 1 saturated heterocycles. The fourth-order valence-electron chi connectivity index (χ4n) is 1.90. The Balaban J connectivity index is 1.98. The highest BCUT2D eigenvalue weighted by molar-refractivity contribution is 9.10. The average Bonchev–Trinajstić information content (AvgIpc) is 2.25. The summed E-state index contributed by atoms with van der Waals surface area (Å²) in [6.07, 6.45) is 1.46. The van der Waals surface area contributed by atoms with Crippen LogP contribution in [0.1, 0.15) is 12.0 Å². The molecule has 0 amide bonds. The number of benzene rings is 1. The van der Waals surface area contributed by atoms with Crippen molar-refractivity contribution in [2.45, 2.75) is 18.9 Å². The van der Waals surface area contributed by atoms with Crippen LogP contribution in [0.25, 0.3) is 0 Å². The Kier molecular flexibility index (Phi) is 3.78. The summed E-state index contributed by atoms with van der Waals surface area (Å²) in [5, 5.41) is 9.80. The largest absolute Gasteiger partial charge is 0.393 e. The topological polar surface area (TPSA) is 29.5 Å². The van der Waals surface area contributed by atoms with Gasteiger partial charge in [0.05, 0.1) is 12.7 Å². The van der Waals surface area contributed by atoms with Crippen molar-refractivity contribution in [1.29, 1.82) is 0 Å². The third-order valence-electron chi connectivity index (χ3n) is 2.85. The Morgan fingerprint density at radius 2 is 2.07 bits per heavy atom. The van der Waals surface area contributed by atoms with E-state index in [9.17, 15) is 5.11 Å². The highest BCUT2D eigenvalue weighted by Gasteiger charge is 2.23. The summed E-state index contributed by atoms with van der Waals surface area (Å²) in [6, 6.07) is 8.24. The van der Waals surface area contributed by atoms with Crippen molar-refractivity contribution in [3.8, 4) is 0 Å². The first-order valence-corrected chi connectivity index (χ1v) is 6.05. The Bertz CT molecular complexity index is 310. The summed E-state index contributed by atoms with van der Waals surface area (Å²) < 4.78 is 6.47. The van der Waals surface area contributed by atoms with Gasteiger partial charge in [-0.3, -0.25) is 0 Å². The highest BCUT2D eigenvalue weighted by atomic mass is 79.9. The zero-order chi connectivity index (χ0) is 10.7. The summed E-state index contributed by atoms with van der Waals surface area (Å²) >= 11 is 3.41. The molecule has 0 saturated carbocycles. The van der Waals surface area contributed by atoms with Crippen LogP contribution in [0.4, 0.5) is 0 Å². The molecule has 2 rings (SSSR count). The Labute approximate surface area is 98.4 Å². The third-order valence-corrected chi connectivity index (χ3v) is 3.37. The number of hydrogen-bond donors (Lipinski definition) is 1. The van der Waals surface area contributed by atoms with Crippen molar-refractivity contribution in [2.24, 2.45) is 5.92 Å². The Morgan fingerprint density at radius 3 is 2.73 bits per heavy atom. The maximum atomic E-state index is 9.80. The lowest BCUT2D eigenvalue weighted by atomic mass is 9.92. The first-order chi connectivity index (χ1) is 7.25. The Morgan fingerprint density at radius 1 is 1.33 bits per heavy atom. The maximum Gasteiger partial charge on any atom is 0.0615 e. The van der Waals surface area contributed by atoms with Crippen molar-refractivity contribution in [1.82, 2.24) is 0 Å². The summed E-state index contributed by atoms with van der Waals surface area (Å²) in [7, 11) is 0. The number of halogens is 1. The SMILES string of the molecule is O[C@H]1CCOC[C@@H]1Cc1ccc(Br)cc1. The molecule has 0 unspecified atom stereocenters. The lowest BCUT2D eigenvalue weighted by Gasteiger charge is -2.27. The molecule has 0 spiro atoms. The fourth-order valence-corrected chi connectivity index (χ4v) is 2.17.